The van der Waals surface area contributed by atoms with Gasteiger partial charge in [-0.3, -0.25) is 10.2 Å². The lowest BCUT2D eigenvalue weighted by Crippen LogP contribution is -2.38. The molecule has 0 radical (unpaired) electrons. The topological polar surface area (TPSA) is 75.4 Å². The fourth-order valence-electron chi connectivity index (χ4n) is 1.54. The second kappa shape index (κ2) is 5.48. The van der Waals surface area contributed by atoms with Crippen LogP contribution in [0.2, 0.25) is 0 Å². The number of nitrogens with one attached hydrogen (secondary N) is 1. The molecule has 0 heterocycles. The number of nitrogens with two attached hydrogens (primary N) is 1. The minimum Gasteiger partial charge on any atom is -0.388 e. The zero-order chi connectivity index (χ0) is 11.3. The Kier molecular flexibility index (Phi) is 4.27. The monoisotopic (exact) mass is 208 g/mol. The van der Waals surface area contributed by atoms with Gasteiger partial charge in [0.05, 0.1) is 12.0 Å². The highest BCUT2D eigenvalue weighted by Gasteiger charge is 2.25. The molecule has 0 saturated carbocycles. The third kappa shape index (κ3) is 2.78. The van der Waals surface area contributed by atoms with Crippen molar-refractivity contribution >= 4 is 5.91 Å². The Morgan fingerprint density at radius 2 is 2.07 bits per heavy atom. The Morgan fingerprint density at radius 3 is 2.53 bits per heavy atom. The van der Waals surface area contributed by atoms with Gasteiger partial charge in [-0.1, -0.05) is 37.3 Å². The zero-order valence-corrected chi connectivity index (χ0v) is 8.68. The van der Waals surface area contributed by atoms with Gasteiger partial charge < -0.3 is 5.11 Å². The highest BCUT2D eigenvalue weighted by atomic mass is 16.3. The molecule has 0 spiro atoms. The predicted molar refractivity (Wildman–Crippen MR) is 57.5 cm³/mol. The molecule has 1 rings (SSSR count). The molecular formula is C11H16N2O2. The van der Waals surface area contributed by atoms with E-state index in [1.54, 1.807) is 12.1 Å². The van der Waals surface area contributed by atoms with Crippen molar-refractivity contribution in [1.82, 2.24) is 5.43 Å². The van der Waals surface area contributed by atoms with E-state index in [9.17, 15) is 9.90 Å². The number of rotatable bonds is 4. The van der Waals surface area contributed by atoms with Crippen molar-refractivity contribution in [2.75, 3.05) is 0 Å². The zero-order valence-electron chi connectivity index (χ0n) is 8.68. The van der Waals surface area contributed by atoms with Crippen LogP contribution in [0.15, 0.2) is 30.3 Å². The van der Waals surface area contributed by atoms with Crippen LogP contribution in [0.5, 0.6) is 0 Å². The van der Waals surface area contributed by atoms with E-state index < -0.39 is 12.0 Å². The number of aliphatic hydroxyl groups is 1. The molecular weight excluding hydrogens is 192 g/mol. The molecule has 1 aromatic carbocycles. The van der Waals surface area contributed by atoms with Crippen LogP contribution in [0.25, 0.3) is 0 Å². The van der Waals surface area contributed by atoms with Gasteiger partial charge in [-0.25, -0.2) is 5.84 Å². The van der Waals surface area contributed by atoms with Crippen molar-refractivity contribution in [2.24, 2.45) is 11.8 Å². The van der Waals surface area contributed by atoms with Gasteiger partial charge in [0.1, 0.15) is 0 Å². The summed E-state index contributed by atoms with van der Waals surface area (Å²) in [5.74, 6) is 4.21. The maximum atomic E-state index is 11.4. The molecule has 4 nitrogen and oxygen atoms in total. The van der Waals surface area contributed by atoms with Crippen molar-refractivity contribution in [3.63, 3.8) is 0 Å². The van der Waals surface area contributed by atoms with Crippen LogP contribution in [0.4, 0.5) is 0 Å². The number of amides is 1. The average molecular weight is 208 g/mol. The second-order valence-corrected chi connectivity index (χ2v) is 3.38. The van der Waals surface area contributed by atoms with E-state index in [1.165, 1.54) is 0 Å². The summed E-state index contributed by atoms with van der Waals surface area (Å²) in [6.07, 6.45) is -0.265. The smallest absolute Gasteiger partial charge is 0.239 e. The highest BCUT2D eigenvalue weighted by molar-refractivity contribution is 5.78. The van der Waals surface area contributed by atoms with Gasteiger partial charge in [-0.15, -0.1) is 0 Å². The van der Waals surface area contributed by atoms with Crippen LogP contribution in [0, 0.1) is 5.92 Å². The van der Waals surface area contributed by atoms with Crippen LogP contribution >= 0.6 is 0 Å². The molecule has 2 atom stereocenters. The third-order valence-electron chi connectivity index (χ3n) is 2.44. The van der Waals surface area contributed by atoms with E-state index >= 15 is 0 Å². The second-order valence-electron chi connectivity index (χ2n) is 3.38. The van der Waals surface area contributed by atoms with Crippen molar-refractivity contribution in [3.05, 3.63) is 35.9 Å². The van der Waals surface area contributed by atoms with E-state index in [4.69, 9.17) is 5.84 Å². The number of carbonyl (C=O) groups excluding carboxylic acids is 1. The van der Waals surface area contributed by atoms with Crippen molar-refractivity contribution in [3.8, 4) is 0 Å². The SMILES string of the molecule is CC[C@H](C(=O)NN)[C@@H](O)c1ccccc1. The van der Waals surface area contributed by atoms with E-state index in [0.717, 1.165) is 5.56 Å². The quantitative estimate of drug-likeness (QED) is 0.388. The number of carbonyl (C=O) groups is 1. The first kappa shape index (κ1) is 11.7. The van der Waals surface area contributed by atoms with Gasteiger partial charge in [-0.2, -0.15) is 0 Å². The third-order valence-corrected chi connectivity index (χ3v) is 2.44. The number of hydrazine groups is 1. The Morgan fingerprint density at radius 1 is 1.47 bits per heavy atom. The summed E-state index contributed by atoms with van der Waals surface area (Å²) in [6.45, 7) is 1.84. The molecule has 0 fully saturated rings. The maximum absolute atomic E-state index is 11.4. The van der Waals surface area contributed by atoms with Crippen LogP contribution in [0.3, 0.4) is 0 Å². The summed E-state index contributed by atoms with van der Waals surface area (Å²) in [7, 11) is 0. The molecule has 0 saturated heterocycles. The first-order valence-electron chi connectivity index (χ1n) is 4.94. The highest BCUT2D eigenvalue weighted by Crippen LogP contribution is 2.24. The maximum Gasteiger partial charge on any atom is 0.239 e. The van der Waals surface area contributed by atoms with Crippen LogP contribution in [0.1, 0.15) is 25.0 Å². The average Bonchev–Trinajstić information content (AvgIpc) is 2.30. The first-order valence-corrected chi connectivity index (χ1v) is 4.94. The number of hydrogen-bond donors (Lipinski definition) is 3. The van der Waals surface area contributed by atoms with E-state index in [-0.39, 0.29) is 5.91 Å². The Bertz CT molecular complexity index is 314. The first-order chi connectivity index (χ1) is 7.20. The molecule has 4 heteroatoms. The number of hydrogen-bond acceptors (Lipinski definition) is 3. The minimum atomic E-state index is -0.806. The fourth-order valence-corrected chi connectivity index (χ4v) is 1.54. The summed E-state index contributed by atoms with van der Waals surface area (Å²) in [4.78, 5) is 11.4. The van der Waals surface area contributed by atoms with E-state index in [1.807, 2.05) is 25.1 Å². The Labute approximate surface area is 89.1 Å². The van der Waals surface area contributed by atoms with Crippen molar-refractivity contribution in [1.29, 1.82) is 0 Å². The molecule has 0 aliphatic heterocycles. The lowest BCUT2D eigenvalue weighted by Gasteiger charge is -2.19. The van der Waals surface area contributed by atoms with E-state index in [0.29, 0.717) is 6.42 Å². The summed E-state index contributed by atoms with van der Waals surface area (Å²) in [6, 6.07) is 9.09. The van der Waals surface area contributed by atoms with Crippen LogP contribution in [-0.4, -0.2) is 11.0 Å². The van der Waals surface area contributed by atoms with Gasteiger partial charge in [0, 0.05) is 0 Å². The molecule has 0 unspecified atom stereocenters. The molecule has 1 aromatic rings. The van der Waals surface area contributed by atoms with Gasteiger partial charge in [0.15, 0.2) is 0 Å². The Balaban J connectivity index is 2.82. The molecule has 0 aliphatic carbocycles. The number of aliphatic hydroxyl groups excluding tert-OH is 1. The lowest BCUT2D eigenvalue weighted by atomic mass is 9.93. The van der Waals surface area contributed by atoms with Crippen molar-refractivity contribution in [2.45, 2.75) is 19.4 Å². The minimum absolute atomic E-state index is 0.339. The van der Waals surface area contributed by atoms with Gasteiger partial charge in [-0.05, 0) is 12.0 Å². The van der Waals surface area contributed by atoms with Crippen molar-refractivity contribution < 1.29 is 9.90 Å². The van der Waals surface area contributed by atoms with Crippen LogP contribution in [-0.2, 0) is 4.79 Å². The summed E-state index contributed by atoms with van der Waals surface area (Å²) in [5.41, 5.74) is 2.80. The normalized spacial score (nSPS) is 14.3. The largest absolute Gasteiger partial charge is 0.388 e. The molecule has 15 heavy (non-hydrogen) atoms. The van der Waals surface area contributed by atoms with Gasteiger partial charge in [0.2, 0.25) is 5.91 Å². The molecule has 0 aromatic heterocycles. The standard InChI is InChI=1S/C11H16N2O2/c1-2-9(11(15)13-12)10(14)8-6-4-3-5-7-8/h3-7,9-10,14H,2,12H2,1H3,(H,13,15)/t9-,10-/m0/s1. The fraction of sp³-hybridized carbons (Fsp3) is 0.364. The van der Waals surface area contributed by atoms with Crippen LogP contribution < -0.4 is 11.3 Å². The van der Waals surface area contributed by atoms with E-state index in [2.05, 4.69) is 5.43 Å². The molecule has 0 bridgehead atoms. The summed E-state index contributed by atoms with van der Waals surface area (Å²) >= 11 is 0. The Hall–Kier alpha value is -1.39. The molecule has 82 valence electrons. The predicted octanol–water partition coefficient (Wildman–Crippen LogP) is 0.736. The van der Waals surface area contributed by atoms with Gasteiger partial charge in [0.25, 0.3) is 0 Å². The summed E-state index contributed by atoms with van der Waals surface area (Å²) in [5, 5.41) is 9.97. The molecule has 0 aliphatic rings. The lowest BCUT2D eigenvalue weighted by molar-refractivity contribution is -0.129. The van der Waals surface area contributed by atoms with Gasteiger partial charge >= 0.3 is 0 Å². The number of benzene rings is 1. The molecule has 4 N–H and O–H groups in total. The summed E-state index contributed by atoms with van der Waals surface area (Å²) < 4.78 is 0. The molecule has 1 amide bonds.